The van der Waals surface area contributed by atoms with Crippen molar-refractivity contribution < 1.29 is 14.0 Å². The summed E-state index contributed by atoms with van der Waals surface area (Å²) in [6.45, 7) is 2.57. The number of halogens is 3. The summed E-state index contributed by atoms with van der Waals surface area (Å²) in [7, 11) is 0. The van der Waals surface area contributed by atoms with Crippen LogP contribution in [0.1, 0.15) is 36.5 Å². The highest BCUT2D eigenvalue weighted by molar-refractivity contribution is 7.99. The van der Waals surface area contributed by atoms with Crippen LogP contribution in [0.25, 0.3) is 0 Å². The van der Waals surface area contributed by atoms with Gasteiger partial charge in [-0.15, -0.1) is 11.8 Å². The third-order valence-corrected chi connectivity index (χ3v) is 7.61. The summed E-state index contributed by atoms with van der Waals surface area (Å²) in [6.07, 6.45) is 2.11. The molecule has 37 heavy (non-hydrogen) atoms. The van der Waals surface area contributed by atoms with Crippen LogP contribution in [0.4, 0.5) is 4.39 Å². The van der Waals surface area contributed by atoms with Gasteiger partial charge in [-0.1, -0.05) is 91.1 Å². The molecule has 3 aromatic carbocycles. The van der Waals surface area contributed by atoms with Crippen LogP contribution in [-0.2, 0) is 28.3 Å². The number of hydrogen-bond acceptors (Lipinski definition) is 3. The van der Waals surface area contributed by atoms with Gasteiger partial charge in [0.25, 0.3) is 0 Å². The second-order valence-corrected chi connectivity index (χ2v) is 10.5. The molecule has 3 rings (SSSR count). The maximum Gasteiger partial charge on any atom is 0.243 e. The number of thioether (sulfide) groups is 1. The van der Waals surface area contributed by atoms with Gasteiger partial charge in [0.15, 0.2) is 0 Å². The molecule has 4 nitrogen and oxygen atoms in total. The summed E-state index contributed by atoms with van der Waals surface area (Å²) in [5.74, 6) is -0.213. The summed E-state index contributed by atoms with van der Waals surface area (Å²) >= 11 is 13.5. The molecule has 0 aliphatic heterocycles. The zero-order chi connectivity index (χ0) is 26.6. The predicted octanol–water partition coefficient (Wildman–Crippen LogP) is 6.92. The fourth-order valence-corrected chi connectivity index (χ4v) is 5.02. The first-order chi connectivity index (χ1) is 17.9. The molecule has 0 saturated carbocycles. The van der Waals surface area contributed by atoms with Crippen molar-refractivity contribution in [3.63, 3.8) is 0 Å². The molecule has 0 spiro atoms. The van der Waals surface area contributed by atoms with Crippen LogP contribution < -0.4 is 5.32 Å². The van der Waals surface area contributed by atoms with Gasteiger partial charge in [-0.3, -0.25) is 9.59 Å². The first kappa shape index (κ1) is 29.0. The average molecular weight is 562 g/mol. The van der Waals surface area contributed by atoms with E-state index >= 15 is 0 Å². The molecule has 0 radical (unpaired) electrons. The summed E-state index contributed by atoms with van der Waals surface area (Å²) in [6, 6.07) is 20.5. The van der Waals surface area contributed by atoms with Crippen molar-refractivity contribution in [3.8, 4) is 0 Å². The summed E-state index contributed by atoms with van der Waals surface area (Å²) < 4.78 is 14.6. The minimum absolute atomic E-state index is 0.00244. The number of rotatable bonds is 13. The zero-order valence-electron chi connectivity index (χ0n) is 20.8. The van der Waals surface area contributed by atoms with Crippen molar-refractivity contribution in [1.29, 1.82) is 0 Å². The Balaban J connectivity index is 1.83. The molecule has 0 heterocycles. The molecule has 1 atom stereocenters. The second-order valence-electron chi connectivity index (χ2n) is 8.70. The van der Waals surface area contributed by atoms with Crippen LogP contribution in [0.15, 0.2) is 72.8 Å². The summed E-state index contributed by atoms with van der Waals surface area (Å²) in [5, 5.41) is 3.90. The molecule has 0 aromatic heterocycles. The van der Waals surface area contributed by atoms with E-state index in [1.807, 2.05) is 43.3 Å². The van der Waals surface area contributed by atoms with E-state index in [2.05, 4.69) is 5.32 Å². The van der Waals surface area contributed by atoms with Crippen LogP contribution >= 0.6 is 35.0 Å². The van der Waals surface area contributed by atoms with Gasteiger partial charge in [0, 0.05) is 30.8 Å². The maximum atomic E-state index is 14.6. The van der Waals surface area contributed by atoms with Crippen molar-refractivity contribution in [3.05, 3.63) is 105 Å². The summed E-state index contributed by atoms with van der Waals surface area (Å²) in [5.41, 5.74) is 2.23. The molecular formula is C29H31Cl2FN2O2S. The maximum absolute atomic E-state index is 14.6. The zero-order valence-corrected chi connectivity index (χ0v) is 23.1. The number of amides is 2. The third kappa shape index (κ3) is 9.06. The van der Waals surface area contributed by atoms with Gasteiger partial charge in [-0.05, 0) is 35.7 Å². The predicted molar refractivity (Wildman–Crippen MR) is 151 cm³/mol. The lowest BCUT2D eigenvalue weighted by atomic mass is 10.0. The minimum atomic E-state index is -0.781. The molecule has 0 unspecified atom stereocenters. The van der Waals surface area contributed by atoms with Crippen LogP contribution in [0.5, 0.6) is 0 Å². The normalized spacial score (nSPS) is 11.7. The van der Waals surface area contributed by atoms with Crippen LogP contribution in [0.3, 0.4) is 0 Å². The molecule has 8 heteroatoms. The Morgan fingerprint density at radius 1 is 0.973 bits per heavy atom. The van der Waals surface area contributed by atoms with Crippen LogP contribution in [0.2, 0.25) is 10.0 Å². The van der Waals surface area contributed by atoms with Gasteiger partial charge in [0.05, 0.1) is 15.8 Å². The Labute approximate surface area is 232 Å². The Bertz CT molecular complexity index is 1180. The number of unbranched alkanes of at least 4 members (excludes halogenated alkanes) is 1. The van der Waals surface area contributed by atoms with Gasteiger partial charge < -0.3 is 10.2 Å². The molecule has 3 aromatic rings. The fraction of sp³-hybridized carbons (Fsp3) is 0.310. The Kier molecular flexibility index (Phi) is 11.8. The van der Waals surface area contributed by atoms with Crippen LogP contribution in [0, 0.1) is 5.82 Å². The van der Waals surface area contributed by atoms with Crippen LogP contribution in [-0.4, -0.2) is 35.1 Å². The summed E-state index contributed by atoms with van der Waals surface area (Å²) in [4.78, 5) is 28.5. The van der Waals surface area contributed by atoms with E-state index in [0.29, 0.717) is 34.3 Å². The molecule has 0 bridgehead atoms. The Morgan fingerprint density at radius 3 is 2.41 bits per heavy atom. The first-order valence-electron chi connectivity index (χ1n) is 12.2. The number of hydrogen-bond donors (Lipinski definition) is 1. The standard InChI is InChI=1S/C29H31Cl2FN2O2S/c1-2-3-15-33-29(36)27(17-21-9-5-4-6-10-21)34(18-23-11-7-8-12-26(23)32)28(35)20-37-19-22-13-14-24(30)25(31)16-22/h4-14,16,27H,2-3,15,17-20H2,1H3,(H,33,36)/t27-/m0/s1. The quantitative estimate of drug-likeness (QED) is 0.231. The van der Waals surface area contributed by atoms with E-state index in [1.165, 1.54) is 22.7 Å². The molecule has 196 valence electrons. The van der Waals surface area contributed by atoms with Gasteiger partial charge in [0.2, 0.25) is 11.8 Å². The number of carbonyl (C=O) groups is 2. The molecule has 1 N–H and O–H groups in total. The highest BCUT2D eigenvalue weighted by Crippen LogP contribution is 2.25. The minimum Gasteiger partial charge on any atom is -0.354 e. The van der Waals surface area contributed by atoms with Gasteiger partial charge in [0.1, 0.15) is 11.9 Å². The average Bonchev–Trinajstić information content (AvgIpc) is 2.89. The van der Waals surface area contributed by atoms with E-state index in [1.54, 1.807) is 30.3 Å². The topological polar surface area (TPSA) is 49.4 Å². The van der Waals surface area contributed by atoms with Crippen molar-refractivity contribution in [1.82, 2.24) is 10.2 Å². The van der Waals surface area contributed by atoms with E-state index in [9.17, 15) is 14.0 Å². The molecule has 0 saturated heterocycles. The molecule has 0 fully saturated rings. The smallest absolute Gasteiger partial charge is 0.243 e. The van der Waals surface area contributed by atoms with E-state index in [0.717, 1.165) is 24.0 Å². The molecule has 0 aliphatic rings. The number of nitrogens with one attached hydrogen (secondary N) is 1. The van der Waals surface area contributed by atoms with E-state index in [4.69, 9.17) is 23.2 Å². The number of nitrogens with zero attached hydrogens (tertiary/aromatic N) is 1. The number of benzene rings is 3. The Hall–Kier alpha value is -2.54. The lowest BCUT2D eigenvalue weighted by molar-refractivity contribution is -0.139. The van der Waals surface area contributed by atoms with Crippen molar-refractivity contribution in [2.45, 2.75) is 44.5 Å². The molecular weight excluding hydrogens is 530 g/mol. The first-order valence-corrected chi connectivity index (χ1v) is 14.2. The molecule has 2 amide bonds. The van der Waals surface area contributed by atoms with E-state index < -0.39 is 11.9 Å². The SMILES string of the molecule is CCCCNC(=O)[C@H](Cc1ccccc1)N(Cc1ccccc1F)C(=O)CSCc1ccc(Cl)c(Cl)c1. The molecule has 0 aliphatic carbocycles. The lowest BCUT2D eigenvalue weighted by Gasteiger charge is -2.31. The fourth-order valence-electron chi connectivity index (χ4n) is 3.84. The Morgan fingerprint density at radius 2 is 1.70 bits per heavy atom. The lowest BCUT2D eigenvalue weighted by Crippen LogP contribution is -2.51. The number of carbonyl (C=O) groups excluding carboxylic acids is 2. The highest BCUT2D eigenvalue weighted by Gasteiger charge is 2.30. The third-order valence-electron chi connectivity index (χ3n) is 5.88. The monoisotopic (exact) mass is 560 g/mol. The van der Waals surface area contributed by atoms with Gasteiger partial charge in [-0.2, -0.15) is 0 Å². The second kappa shape index (κ2) is 15.0. The van der Waals surface area contributed by atoms with Gasteiger partial charge in [-0.25, -0.2) is 4.39 Å². The largest absolute Gasteiger partial charge is 0.354 e. The van der Waals surface area contributed by atoms with E-state index in [-0.39, 0.29) is 24.1 Å². The van der Waals surface area contributed by atoms with Gasteiger partial charge >= 0.3 is 0 Å². The highest BCUT2D eigenvalue weighted by atomic mass is 35.5. The van der Waals surface area contributed by atoms with Crippen molar-refractivity contribution >= 4 is 46.8 Å². The van der Waals surface area contributed by atoms with Crippen molar-refractivity contribution in [2.24, 2.45) is 0 Å². The van der Waals surface area contributed by atoms with Crippen molar-refractivity contribution in [2.75, 3.05) is 12.3 Å².